The SMILES string of the molecule is COc1cc(NS(=O)(=O)c2ccc(NC(=O)CCC(=O)O)cc2)ncn1. The van der Waals surface area contributed by atoms with Gasteiger partial charge in [0, 0.05) is 18.2 Å². The van der Waals surface area contributed by atoms with Gasteiger partial charge in [0.25, 0.3) is 10.0 Å². The van der Waals surface area contributed by atoms with E-state index in [2.05, 4.69) is 20.0 Å². The van der Waals surface area contributed by atoms with E-state index in [0.29, 0.717) is 5.69 Å². The van der Waals surface area contributed by atoms with Gasteiger partial charge in [-0.2, -0.15) is 0 Å². The molecule has 0 unspecified atom stereocenters. The first-order valence-corrected chi connectivity index (χ1v) is 8.79. The number of nitrogens with one attached hydrogen (secondary N) is 2. The number of hydrogen-bond donors (Lipinski definition) is 3. The Hall–Kier alpha value is -3.21. The number of carbonyl (C=O) groups is 2. The third-order valence-corrected chi connectivity index (χ3v) is 4.47. The second kappa shape index (κ2) is 8.25. The molecule has 2 aromatic rings. The maximum absolute atomic E-state index is 12.3. The number of ether oxygens (including phenoxy) is 1. The fourth-order valence-corrected chi connectivity index (χ4v) is 2.86. The summed E-state index contributed by atoms with van der Waals surface area (Å²) in [6.07, 6.45) is 0.698. The van der Waals surface area contributed by atoms with Crippen LogP contribution in [0.25, 0.3) is 0 Å². The van der Waals surface area contributed by atoms with E-state index in [0.717, 1.165) is 6.33 Å². The molecule has 1 aromatic heterocycles. The van der Waals surface area contributed by atoms with E-state index in [1.54, 1.807) is 0 Å². The first-order valence-electron chi connectivity index (χ1n) is 7.31. The minimum atomic E-state index is -3.89. The van der Waals surface area contributed by atoms with Crippen LogP contribution in [0.15, 0.2) is 41.6 Å². The quantitative estimate of drug-likeness (QED) is 0.616. The highest BCUT2D eigenvalue weighted by Gasteiger charge is 2.16. The van der Waals surface area contributed by atoms with Crippen LogP contribution in [-0.2, 0) is 19.6 Å². The van der Waals surface area contributed by atoms with Crippen molar-refractivity contribution in [2.45, 2.75) is 17.7 Å². The van der Waals surface area contributed by atoms with Crippen molar-refractivity contribution in [1.82, 2.24) is 9.97 Å². The summed E-state index contributed by atoms with van der Waals surface area (Å²) in [5.74, 6) is -1.30. The largest absolute Gasteiger partial charge is 0.481 e. The summed E-state index contributed by atoms with van der Waals surface area (Å²) in [7, 11) is -2.50. The van der Waals surface area contributed by atoms with Crippen LogP contribution in [0.3, 0.4) is 0 Å². The van der Waals surface area contributed by atoms with Crippen LogP contribution >= 0.6 is 0 Å². The molecule has 2 rings (SSSR count). The van der Waals surface area contributed by atoms with Crippen molar-refractivity contribution in [3.8, 4) is 5.88 Å². The molecule has 0 bridgehead atoms. The van der Waals surface area contributed by atoms with Crippen LogP contribution in [0.5, 0.6) is 5.88 Å². The molecule has 0 saturated heterocycles. The minimum Gasteiger partial charge on any atom is -0.481 e. The van der Waals surface area contributed by atoms with Crippen molar-refractivity contribution >= 4 is 33.4 Å². The standard InChI is InChI=1S/C15H16N4O6S/c1-25-14-8-12(16-9-17-14)19-26(23,24)11-4-2-10(3-5-11)18-13(20)6-7-15(21)22/h2-5,8-9H,6-7H2,1H3,(H,18,20)(H,21,22)(H,16,17,19). The molecule has 3 N–H and O–H groups in total. The van der Waals surface area contributed by atoms with Crippen molar-refractivity contribution in [1.29, 1.82) is 0 Å². The van der Waals surface area contributed by atoms with Crippen LogP contribution in [0, 0.1) is 0 Å². The van der Waals surface area contributed by atoms with Gasteiger partial charge in [-0.15, -0.1) is 0 Å². The Kier molecular flexibility index (Phi) is 6.07. The van der Waals surface area contributed by atoms with Gasteiger partial charge in [-0.3, -0.25) is 14.3 Å². The molecule has 0 aliphatic carbocycles. The molecule has 0 aliphatic heterocycles. The lowest BCUT2D eigenvalue weighted by atomic mass is 10.2. The average Bonchev–Trinajstić information content (AvgIpc) is 2.60. The molecular weight excluding hydrogens is 364 g/mol. The number of amides is 1. The third kappa shape index (κ3) is 5.41. The number of rotatable bonds is 8. The highest BCUT2D eigenvalue weighted by Crippen LogP contribution is 2.18. The summed E-state index contributed by atoms with van der Waals surface area (Å²) >= 11 is 0. The van der Waals surface area contributed by atoms with Crippen LogP contribution < -0.4 is 14.8 Å². The zero-order valence-electron chi connectivity index (χ0n) is 13.7. The van der Waals surface area contributed by atoms with E-state index >= 15 is 0 Å². The van der Waals surface area contributed by atoms with E-state index in [4.69, 9.17) is 9.84 Å². The van der Waals surface area contributed by atoms with Crippen molar-refractivity contribution in [2.24, 2.45) is 0 Å². The Morgan fingerprint density at radius 1 is 1.15 bits per heavy atom. The molecule has 1 heterocycles. The lowest BCUT2D eigenvalue weighted by Crippen LogP contribution is -2.15. The zero-order valence-corrected chi connectivity index (χ0v) is 14.5. The molecule has 138 valence electrons. The van der Waals surface area contributed by atoms with Gasteiger partial charge in [0.15, 0.2) is 0 Å². The number of nitrogens with zero attached hydrogens (tertiary/aromatic N) is 2. The van der Waals surface area contributed by atoms with Crippen molar-refractivity contribution in [3.63, 3.8) is 0 Å². The molecule has 0 radical (unpaired) electrons. The number of carboxylic acid groups (broad SMARTS) is 1. The van der Waals surface area contributed by atoms with Gasteiger partial charge < -0.3 is 15.2 Å². The van der Waals surface area contributed by atoms with Gasteiger partial charge in [0.05, 0.1) is 18.4 Å². The number of carbonyl (C=O) groups excluding carboxylic acids is 1. The number of anilines is 2. The Labute approximate surface area is 149 Å². The molecule has 26 heavy (non-hydrogen) atoms. The van der Waals surface area contributed by atoms with Gasteiger partial charge >= 0.3 is 5.97 Å². The van der Waals surface area contributed by atoms with Gasteiger partial charge in [0.2, 0.25) is 11.8 Å². The van der Waals surface area contributed by atoms with E-state index in [-0.39, 0.29) is 29.4 Å². The molecule has 0 spiro atoms. The van der Waals surface area contributed by atoms with E-state index in [9.17, 15) is 18.0 Å². The summed E-state index contributed by atoms with van der Waals surface area (Å²) in [5, 5.41) is 11.0. The lowest BCUT2D eigenvalue weighted by Gasteiger charge is -2.09. The maximum Gasteiger partial charge on any atom is 0.303 e. The Morgan fingerprint density at radius 2 is 1.85 bits per heavy atom. The van der Waals surface area contributed by atoms with E-state index < -0.39 is 21.9 Å². The molecule has 0 fully saturated rings. The molecule has 0 saturated carbocycles. The minimum absolute atomic E-state index is 0.0429. The summed E-state index contributed by atoms with van der Waals surface area (Å²) < 4.78 is 31.9. The molecule has 10 nitrogen and oxygen atoms in total. The van der Waals surface area contributed by atoms with Crippen LogP contribution in [0.1, 0.15) is 12.8 Å². The summed E-state index contributed by atoms with van der Waals surface area (Å²) in [4.78, 5) is 29.5. The van der Waals surface area contributed by atoms with Crippen molar-refractivity contribution < 1.29 is 27.9 Å². The Bertz CT molecular complexity index is 899. The summed E-state index contributed by atoms with van der Waals surface area (Å²) in [6.45, 7) is 0. The van der Waals surface area contributed by atoms with E-state index in [1.165, 1.54) is 37.4 Å². The number of benzene rings is 1. The fraction of sp³-hybridized carbons (Fsp3) is 0.200. The smallest absolute Gasteiger partial charge is 0.303 e. The number of carboxylic acids is 1. The maximum atomic E-state index is 12.3. The third-order valence-electron chi connectivity index (χ3n) is 3.10. The predicted octanol–water partition coefficient (Wildman–Crippen LogP) is 1.09. The van der Waals surface area contributed by atoms with Gasteiger partial charge in [-0.05, 0) is 24.3 Å². The van der Waals surface area contributed by atoms with Crippen molar-refractivity contribution in [2.75, 3.05) is 17.1 Å². The Morgan fingerprint density at radius 3 is 2.46 bits per heavy atom. The zero-order chi connectivity index (χ0) is 19.2. The molecule has 0 atom stereocenters. The molecule has 0 aliphatic rings. The monoisotopic (exact) mass is 380 g/mol. The topological polar surface area (TPSA) is 148 Å². The summed E-state index contributed by atoms with van der Waals surface area (Å²) in [5.41, 5.74) is 0.350. The molecular formula is C15H16N4O6S. The fourth-order valence-electron chi connectivity index (χ4n) is 1.86. The first kappa shape index (κ1) is 19.1. The van der Waals surface area contributed by atoms with Crippen LogP contribution in [-0.4, -0.2) is 42.5 Å². The average molecular weight is 380 g/mol. The normalized spacial score (nSPS) is 10.8. The second-order valence-corrected chi connectivity index (χ2v) is 6.70. The molecule has 1 amide bonds. The molecule has 1 aromatic carbocycles. The summed E-state index contributed by atoms with van der Waals surface area (Å²) in [6, 6.07) is 6.72. The van der Waals surface area contributed by atoms with E-state index in [1.807, 2.05) is 0 Å². The van der Waals surface area contributed by atoms with Crippen LogP contribution in [0.4, 0.5) is 11.5 Å². The highest BCUT2D eigenvalue weighted by atomic mass is 32.2. The van der Waals surface area contributed by atoms with Gasteiger partial charge in [-0.25, -0.2) is 18.4 Å². The molecule has 11 heteroatoms. The van der Waals surface area contributed by atoms with Crippen molar-refractivity contribution in [3.05, 3.63) is 36.7 Å². The number of aromatic nitrogens is 2. The van der Waals surface area contributed by atoms with Gasteiger partial charge in [0.1, 0.15) is 12.1 Å². The lowest BCUT2D eigenvalue weighted by molar-refractivity contribution is -0.138. The predicted molar refractivity (Wildman–Crippen MR) is 91.3 cm³/mol. The highest BCUT2D eigenvalue weighted by molar-refractivity contribution is 7.92. The van der Waals surface area contributed by atoms with Crippen LogP contribution in [0.2, 0.25) is 0 Å². The second-order valence-electron chi connectivity index (χ2n) is 5.02. The number of sulfonamides is 1. The first-order chi connectivity index (χ1) is 12.3. The number of hydrogen-bond acceptors (Lipinski definition) is 7. The Balaban J connectivity index is 2.06. The number of methoxy groups -OCH3 is 1. The number of aliphatic carboxylic acids is 1. The van der Waals surface area contributed by atoms with Gasteiger partial charge in [-0.1, -0.05) is 0 Å².